The number of aliphatic hydroxyl groups is 1. The van der Waals surface area contributed by atoms with Crippen LogP contribution in [0.5, 0.6) is 0 Å². The summed E-state index contributed by atoms with van der Waals surface area (Å²) in [6.45, 7) is -0.430. The van der Waals surface area contributed by atoms with Gasteiger partial charge in [0.15, 0.2) is 0 Å². The van der Waals surface area contributed by atoms with Crippen molar-refractivity contribution >= 4 is 22.7 Å². The number of carbonyl (C=O) groups is 2. The fourth-order valence-corrected chi connectivity index (χ4v) is 3.02. The molecule has 0 bridgehead atoms. The van der Waals surface area contributed by atoms with Crippen LogP contribution in [0.2, 0.25) is 0 Å². The molecular weight excluding hydrogens is 298 g/mol. The van der Waals surface area contributed by atoms with E-state index in [4.69, 9.17) is 4.74 Å². The number of benzene rings is 1. The van der Waals surface area contributed by atoms with Gasteiger partial charge in [0, 0.05) is 37.7 Å². The highest BCUT2D eigenvalue weighted by molar-refractivity contribution is 5.99. The summed E-state index contributed by atoms with van der Waals surface area (Å²) in [6, 6.07) is 6.82. The van der Waals surface area contributed by atoms with Crippen LogP contribution in [0, 0.1) is 0 Å². The third kappa shape index (κ3) is 2.38. The predicted octanol–water partition coefficient (Wildman–Crippen LogP) is 0.00220. The number of hydrogen-bond donors (Lipinski definition) is 3. The van der Waals surface area contributed by atoms with Gasteiger partial charge in [-0.1, -0.05) is 18.2 Å². The van der Waals surface area contributed by atoms with Crippen molar-refractivity contribution in [3.63, 3.8) is 0 Å². The van der Waals surface area contributed by atoms with Gasteiger partial charge in [-0.2, -0.15) is 0 Å². The molecule has 2 atom stereocenters. The number of hydrogen-bond acceptors (Lipinski definition) is 4. The van der Waals surface area contributed by atoms with Crippen molar-refractivity contribution in [2.75, 3.05) is 20.8 Å². The number of H-pyrrole nitrogens is 1. The highest BCUT2D eigenvalue weighted by atomic mass is 16.5. The van der Waals surface area contributed by atoms with E-state index in [2.05, 4.69) is 10.3 Å². The first kappa shape index (κ1) is 15.5. The topological polar surface area (TPSA) is 94.7 Å². The Bertz CT molecular complexity index is 757. The molecule has 0 spiro atoms. The van der Waals surface area contributed by atoms with Gasteiger partial charge in [0.25, 0.3) is 5.91 Å². The number of piperazine rings is 1. The minimum atomic E-state index is -1.47. The average Bonchev–Trinajstić information content (AvgIpc) is 2.96. The molecule has 0 aliphatic carbocycles. The van der Waals surface area contributed by atoms with E-state index >= 15 is 0 Å². The van der Waals surface area contributed by atoms with Crippen LogP contribution in [0.15, 0.2) is 30.5 Å². The molecular formula is C16H19N3O4. The van der Waals surface area contributed by atoms with Gasteiger partial charge in [0.2, 0.25) is 11.6 Å². The van der Waals surface area contributed by atoms with Gasteiger partial charge in [-0.25, -0.2) is 0 Å². The Morgan fingerprint density at radius 3 is 2.78 bits per heavy atom. The fraction of sp³-hybridized carbons (Fsp3) is 0.375. The van der Waals surface area contributed by atoms with Crippen molar-refractivity contribution in [2.45, 2.75) is 18.2 Å². The lowest BCUT2D eigenvalue weighted by molar-refractivity contribution is -0.176. The quantitative estimate of drug-likeness (QED) is 0.740. The third-order valence-electron chi connectivity index (χ3n) is 4.40. The Balaban J connectivity index is 1.98. The number of methoxy groups -OCH3 is 1. The standard InChI is InChI=1S/C16H19N3O4/c1-19-13(9-20)14(21)18-16(23-2,15(19)22)7-10-8-17-12-6-4-3-5-11(10)12/h3-6,8,13,17,20H,7,9H2,1-2H3,(H,18,21)/t13-,16-/m0/s1. The number of fused-ring (bicyclic) bond motifs is 1. The van der Waals surface area contributed by atoms with E-state index in [1.54, 1.807) is 0 Å². The van der Waals surface area contributed by atoms with Gasteiger partial charge in [-0.15, -0.1) is 0 Å². The molecule has 3 rings (SSSR count). The summed E-state index contributed by atoms with van der Waals surface area (Å²) in [5.74, 6) is -0.819. The zero-order chi connectivity index (χ0) is 16.6. The van der Waals surface area contributed by atoms with Crippen molar-refractivity contribution in [1.82, 2.24) is 15.2 Å². The first-order valence-corrected chi connectivity index (χ1v) is 7.32. The second-order valence-electron chi connectivity index (χ2n) is 5.67. The van der Waals surface area contributed by atoms with Crippen LogP contribution in [0.25, 0.3) is 10.9 Å². The van der Waals surface area contributed by atoms with Crippen LogP contribution in [0.3, 0.4) is 0 Å². The van der Waals surface area contributed by atoms with Gasteiger partial charge in [0.1, 0.15) is 6.04 Å². The third-order valence-corrected chi connectivity index (χ3v) is 4.40. The van der Waals surface area contributed by atoms with Gasteiger partial charge >= 0.3 is 0 Å². The number of aromatic nitrogens is 1. The molecule has 3 N–H and O–H groups in total. The van der Waals surface area contributed by atoms with Crippen LogP contribution in [0.4, 0.5) is 0 Å². The summed E-state index contributed by atoms with van der Waals surface area (Å²) in [5.41, 5.74) is 0.347. The summed E-state index contributed by atoms with van der Waals surface area (Å²) in [5, 5.41) is 12.9. The van der Waals surface area contributed by atoms with Crippen molar-refractivity contribution in [3.05, 3.63) is 36.0 Å². The van der Waals surface area contributed by atoms with Crippen molar-refractivity contribution in [2.24, 2.45) is 0 Å². The molecule has 1 aliphatic rings. The molecule has 1 aromatic carbocycles. The number of nitrogens with one attached hydrogen (secondary N) is 2. The fourth-order valence-electron chi connectivity index (χ4n) is 3.02. The van der Waals surface area contributed by atoms with E-state index in [0.717, 1.165) is 16.5 Å². The van der Waals surface area contributed by atoms with E-state index in [9.17, 15) is 14.7 Å². The minimum absolute atomic E-state index is 0.195. The van der Waals surface area contributed by atoms with Crippen LogP contribution in [0.1, 0.15) is 5.56 Å². The molecule has 0 radical (unpaired) electrons. The average molecular weight is 317 g/mol. The van der Waals surface area contributed by atoms with E-state index in [1.807, 2.05) is 30.5 Å². The lowest BCUT2D eigenvalue weighted by Gasteiger charge is -2.42. The lowest BCUT2D eigenvalue weighted by atomic mass is 9.96. The number of likely N-dealkylation sites (N-methyl/N-ethyl adjacent to an activating group) is 1. The van der Waals surface area contributed by atoms with Gasteiger partial charge < -0.3 is 25.0 Å². The summed E-state index contributed by atoms with van der Waals surface area (Å²) < 4.78 is 5.43. The van der Waals surface area contributed by atoms with E-state index in [0.29, 0.717) is 0 Å². The monoisotopic (exact) mass is 317 g/mol. The van der Waals surface area contributed by atoms with Gasteiger partial charge in [0.05, 0.1) is 6.61 Å². The Kier molecular flexibility index (Phi) is 3.83. The molecule has 23 heavy (non-hydrogen) atoms. The Hall–Kier alpha value is -2.38. The number of rotatable bonds is 4. The molecule has 7 nitrogen and oxygen atoms in total. The molecule has 2 aromatic rings. The second-order valence-corrected chi connectivity index (χ2v) is 5.67. The second kappa shape index (κ2) is 5.68. The van der Waals surface area contributed by atoms with Crippen LogP contribution in [-0.4, -0.2) is 59.3 Å². The Morgan fingerprint density at radius 1 is 1.35 bits per heavy atom. The normalized spacial score (nSPS) is 25.0. The van der Waals surface area contributed by atoms with Gasteiger partial charge in [-0.05, 0) is 11.6 Å². The van der Waals surface area contributed by atoms with E-state index in [-0.39, 0.29) is 12.3 Å². The maximum atomic E-state index is 12.7. The molecule has 2 amide bonds. The van der Waals surface area contributed by atoms with Crippen LogP contribution in [-0.2, 0) is 20.7 Å². The van der Waals surface area contributed by atoms with Crippen LogP contribution < -0.4 is 5.32 Å². The number of para-hydroxylation sites is 1. The summed E-state index contributed by atoms with van der Waals surface area (Å²) in [4.78, 5) is 29.3. The zero-order valence-corrected chi connectivity index (χ0v) is 13.0. The SMILES string of the molecule is CO[C@]1(Cc2c[nH]c3ccccc23)NC(=O)[C@H](CO)N(C)C1=O. The summed E-state index contributed by atoms with van der Waals surface area (Å²) in [7, 11) is 2.88. The smallest absolute Gasteiger partial charge is 0.276 e. The number of aromatic amines is 1. The van der Waals surface area contributed by atoms with E-state index < -0.39 is 24.3 Å². The molecule has 7 heteroatoms. The molecule has 2 heterocycles. The largest absolute Gasteiger partial charge is 0.394 e. The number of aliphatic hydroxyl groups excluding tert-OH is 1. The molecule has 0 unspecified atom stereocenters. The van der Waals surface area contributed by atoms with Crippen molar-refractivity contribution in [1.29, 1.82) is 0 Å². The number of carbonyl (C=O) groups excluding carboxylic acids is 2. The molecule has 1 fully saturated rings. The maximum absolute atomic E-state index is 12.7. The highest BCUT2D eigenvalue weighted by Gasteiger charge is 2.50. The Morgan fingerprint density at radius 2 is 2.09 bits per heavy atom. The van der Waals surface area contributed by atoms with Crippen LogP contribution >= 0.6 is 0 Å². The molecule has 0 saturated carbocycles. The molecule has 1 aromatic heterocycles. The highest BCUT2D eigenvalue weighted by Crippen LogP contribution is 2.27. The zero-order valence-electron chi connectivity index (χ0n) is 13.0. The molecule has 1 aliphatic heterocycles. The summed E-state index contributed by atoms with van der Waals surface area (Å²) in [6.07, 6.45) is 2.00. The number of amides is 2. The van der Waals surface area contributed by atoms with Crippen molar-refractivity contribution in [3.8, 4) is 0 Å². The Labute approximate surface area is 133 Å². The minimum Gasteiger partial charge on any atom is -0.394 e. The summed E-state index contributed by atoms with van der Waals surface area (Å²) >= 11 is 0. The van der Waals surface area contributed by atoms with Gasteiger partial charge in [-0.3, -0.25) is 9.59 Å². The molecule has 122 valence electrons. The lowest BCUT2D eigenvalue weighted by Crippen LogP contribution is -2.71. The first-order valence-electron chi connectivity index (χ1n) is 7.32. The van der Waals surface area contributed by atoms with E-state index in [1.165, 1.54) is 19.1 Å². The predicted molar refractivity (Wildman–Crippen MR) is 83.5 cm³/mol. The number of nitrogens with zero attached hydrogens (tertiary/aromatic N) is 1. The molecule has 1 saturated heterocycles. The first-order chi connectivity index (χ1) is 11.0. The van der Waals surface area contributed by atoms with Crippen molar-refractivity contribution < 1.29 is 19.4 Å². The maximum Gasteiger partial charge on any atom is 0.276 e. The number of ether oxygens (including phenoxy) is 1.